The molecule has 5 heterocycles. The zero-order valence-corrected chi connectivity index (χ0v) is 19.6. The van der Waals surface area contributed by atoms with E-state index in [0.29, 0.717) is 54.2 Å². The highest BCUT2D eigenvalue weighted by molar-refractivity contribution is 7.74. The number of fused-ring (bicyclic) bond motifs is 2. The van der Waals surface area contributed by atoms with Crippen LogP contribution in [0.2, 0.25) is 0 Å². The van der Waals surface area contributed by atoms with Gasteiger partial charge >= 0.3 is 0 Å². The molecular formula is C25H22N7O2S-. The first kappa shape index (κ1) is 21.5. The van der Waals surface area contributed by atoms with Crippen LogP contribution < -0.4 is 5.56 Å². The van der Waals surface area contributed by atoms with Gasteiger partial charge in [0, 0.05) is 58.9 Å². The highest BCUT2D eigenvalue weighted by Crippen LogP contribution is 2.49. The molecule has 0 atom stereocenters. The highest BCUT2D eigenvalue weighted by atomic mass is 32.2. The van der Waals surface area contributed by atoms with Gasteiger partial charge in [0.05, 0.1) is 5.69 Å². The molecule has 1 fully saturated rings. The SMILES string of the molecule is C=CCCn1cc(-c2cc(C3([S-](=N)=O)CC3)nc(-c3ccnc4[nH]ccc34)n2)c2cc[nH]c2c1=O. The molecule has 0 aromatic carbocycles. The normalized spacial score (nSPS) is 14.7. The molecule has 1 aliphatic rings. The molecule has 6 rings (SSSR count). The predicted molar refractivity (Wildman–Crippen MR) is 135 cm³/mol. The van der Waals surface area contributed by atoms with E-state index < -0.39 is 15.3 Å². The summed E-state index contributed by atoms with van der Waals surface area (Å²) < 4.78 is 21.3. The maximum Gasteiger partial charge on any atom is 0.274 e. The second-order valence-corrected chi connectivity index (χ2v) is 10.0. The van der Waals surface area contributed by atoms with Gasteiger partial charge in [0.1, 0.15) is 11.2 Å². The number of hydrogen-bond donors (Lipinski definition) is 3. The summed E-state index contributed by atoms with van der Waals surface area (Å²) in [7, 11) is -1.83. The Labute approximate surface area is 202 Å². The fourth-order valence-electron chi connectivity index (χ4n) is 4.54. The quantitative estimate of drug-likeness (QED) is 0.229. The number of H-pyrrole nitrogens is 2. The third kappa shape index (κ3) is 3.40. The Hall–Kier alpha value is -4.05. The summed E-state index contributed by atoms with van der Waals surface area (Å²) in [5.41, 5.74) is 3.85. The summed E-state index contributed by atoms with van der Waals surface area (Å²) in [5, 5.41) is 1.62. The summed E-state index contributed by atoms with van der Waals surface area (Å²) in [6.07, 6.45) is 10.7. The van der Waals surface area contributed by atoms with Crippen molar-refractivity contribution in [2.45, 2.75) is 30.6 Å². The fraction of sp³-hybridized carbons (Fsp3) is 0.200. The van der Waals surface area contributed by atoms with Gasteiger partial charge in [-0.1, -0.05) is 18.9 Å². The molecule has 0 aliphatic heterocycles. The molecule has 0 spiro atoms. The van der Waals surface area contributed by atoms with Gasteiger partial charge in [0.2, 0.25) is 0 Å². The molecule has 3 N–H and O–H groups in total. The Bertz CT molecular complexity index is 1750. The Morgan fingerprint density at radius 1 is 1.14 bits per heavy atom. The van der Waals surface area contributed by atoms with Gasteiger partial charge in [-0.05, 0) is 35.4 Å². The lowest BCUT2D eigenvalue weighted by molar-refractivity contribution is 0.590. The lowest BCUT2D eigenvalue weighted by Crippen LogP contribution is -2.20. The number of rotatable bonds is 7. The third-order valence-electron chi connectivity index (χ3n) is 6.60. The van der Waals surface area contributed by atoms with Crippen LogP contribution in [0.3, 0.4) is 0 Å². The number of allylic oxidation sites excluding steroid dienone is 1. The Morgan fingerprint density at radius 3 is 2.71 bits per heavy atom. The Morgan fingerprint density at radius 2 is 1.94 bits per heavy atom. The monoisotopic (exact) mass is 484 g/mol. The molecule has 0 bridgehead atoms. The number of pyridine rings is 2. The van der Waals surface area contributed by atoms with E-state index in [0.717, 1.165) is 21.9 Å². The second-order valence-electron chi connectivity index (χ2n) is 8.71. The van der Waals surface area contributed by atoms with Crippen LogP contribution in [0.4, 0.5) is 0 Å². The van der Waals surface area contributed by atoms with Crippen LogP contribution in [0.15, 0.2) is 66.5 Å². The van der Waals surface area contributed by atoms with Gasteiger partial charge < -0.3 is 23.5 Å². The molecule has 0 amide bonds. The van der Waals surface area contributed by atoms with E-state index >= 15 is 0 Å². The Balaban J connectivity index is 1.64. The number of nitrogens with one attached hydrogen (secondary N) is 3. The molecule has 9 nitrogen and oxygen atoms in total. The summed E-state index contributed by atoms with van der Waals surface area (Å²) >= 11 is 0. The molecule has 35 heavy (non-hydrogen) atoms. The van der Waals surface area contributed by atoms with E-state index in [1.165, 1.54) is 0 Å². The van der Waals surface area contributed by atoms with Crippen molar-refractivity contribution in [1.82, 2.24) is 29.5 Å². The molecule has 5 aromatic heterocycles. The first-order chi connectivity index (χ1) is 17.0. The standard InChI is InChI=1S/C25H22N7O2S/c1-2-3-12-32-14-18(15-4-9-27-21(15)24(32)33)19-13-20(25(7-8-25)35(26)34)31-23(30-19)17-6-11-29-22-16(17)5-10-28-22/h2,4-6,9-11,13-14,26-27H,1,3,7-8,12H2,(H,28,29)/q-1. The van der Waals surface area contributed by atoms with Crippen LogP contribution in [-0.2, 0) is 26.1 Å². The minimum Gasteiger partial charge on any atom is -0.444 e. The van der Waals surface area contributed by atoms with Crippen molar-refractivity contribution in [1.29, 1.82) is 4.78 Å². The van der Waals surface area contributed by atoms with E-state index in [9.17, 15) is 9.00 Å². The van der Waals surface area contributed by atoms with Gasteiger partial charge in [0.25, 0.3) is 5.56 Å². The van der Waals surface area contributed by atoms with Crippen LogP contribution in [0.5, 0.6) is 0 Å². The van der Waals surface area contributed by atoms with Crippen molar-refractivity contribution >= 4 is 32.5 Å². The van der Waals surface area contributed by atoms with Crippen LogP contribution in [0.25, 0.3) is 44.6 Å². The van der Waals surface area contributed by atoms with Crippen molar-refractivity contribution < 1.29 is 4.21 Å². The lowest BCUT2D eigenvalue weighted by atomic mass is 10.1. The van der Waals surface area contributed by atoms with Gasteiger partial charge in [-0.2, -0.15) is 10.6 Å². The maximum absolute atomic E-state index is 13.0. The van der Waals surface area contributed by atoms with Gasteiger partial charge in [-0.3, -0.25) is 4.79 Å². The highest BCUT2D eigenvalue weighted by Gasteiger charge is 2.40. The van der Waals surface area contributed by atoms with E-state index in [1.807, 2.05) is 36.7 Å². The maximum atomic E-state index is 13.0. The average Bonchev–Trinajstić information content (AvgIpc) is 3.29. The molecule has 10 heteroatoms. The first-order valence-electron chi connectivity index (χ1n) is 11.3. The van der Waals surface area contributed by atoms with E-state index in [-0.39, 0.29) is 5.56 Å². The molecule has 0 radical (unpaired) electrons. The molecule has 1 aliphatic carbocycles. The van der Waals surface area contributed by atoms with Crippen molar-refractivity contribution in [3.63, 3.8) is 0 Å². The van der Waals surface area contributed by atoms with Crippen LogP contribution in [-0.4, -0.2) is 29.5 Å². The van der Waals surface area contributed by atoms with Gasteiger partial charge in [-0.25, -0.2) is 15.0 Å². The van der Waals surface area contributed by atoms with E-state index in [2.05, 4.69) is 21.5 Å². The van der Waals surface area contributed by atoms with Crippen molar-refractivity contribution in [3.05, 3.63) is 77.8 Å². The molecule has 176 valence electrons. The van der Waals surface area contributed by atoms with Gasteiger partial charge in [0.15, 0.2) is 5.82 Å². The van der Waals surface area contributed by atoms with Crippen molar-refractivity contribution in [3.8, 4) is 22.6 Å². The van der Waals surface area contributed by atoms with Crippen LogP contribution in [0, 0.1) is 4.78 Å². The summed E-state index contributed by atoms with van der Waals surface area (Å²) in [5.74, 6) is 0.466. The number of nitrogens with zero attached hydrogens (tertiary/aromatic N) is 4. The van der Waals surface area contributed by atoms with Crippen molar-refractivity contribution in [2.24, 2.45) is 0 Å². The van der Waals surface area contributed by atoms with Crippen LogP contribution >= 0.6 is 0 Å². The topological polar surface area (TPSA) is 133 Å². The summed E-state index contributed by atoms with van der Waals surface area (Å²) in [6.45, 7) is 4.26. The number of hydrogen-bond acceptors (Lipinski definition) is 7. The molecule has 5 aromatic rings. The summed E-state index contributed by atoms with van der Waals surface area (Å²) in [4.78, 5) is 33.3. The first-order valence-corrected chi connectivity index (χ1v) is 12.4. The van der Waals surface area contributed by atoms with E-state index in [1.54, 1.807) is 23.0 Å². The summed E-state index contributed by atoms with van der Waals surface area (Å²) in [6, 6.07) is 7.45. The third-order valence-corrected chi connectivity index (χ3v) is 7.93. The largest absolute Gasteiger partial charge is 0.444 e. The number of aryl methyl sites for hydroxylation is 1. The fourth-order valence-corrected chi connectivity index (χ4v) is 5.31. The predicted octanol–water partition coefficient (Wildman–Crippen LogP) is 4.62. The minimum absolute atomic E-state index is 0.112. The second kappa shape index (κ2) is 8.02. The lowest BCUT2D eigenvalue weighted by Gasteiger charge is -2.19. The Kier molecular flexibility index (Phi) is 4.92. The van der Waals surface area contributed by atoms with Crippen LogP contribution in [0.1, 0.15) is 25.0 Å². The molecular weight excluding hydrogens is 462 g/mol. The molecule has 1 saturated carbocycles. The minimum atomic E-state index is -1.83. The molecule has 0 saturated heterocycles. The average molecular weight is 485 g/mol. The van der Waals surface area contributed by atoms with Crippen molar-refractivity contribution in [2.75, 3.05) is 0 Å². The smallest absolute Gasteiger partial charge is 0.274 e. The zero-order valence-electron chi connectivity index (χ0n) is 18.7. The van der Waals surface area contributed by atoms with Gasteiger partial charge in [-0.15, -0.1) is 6.58 Å². The number of aromatic amines is 2. The zero-order chi connectivity index (χ0) is 24.2. The molecule has 0 unspecified atom stereocenters. The van der Waals surface area contributed by atoms with E-state index in [4.69, 9.17) is 14.7 Å². The number of aromatic nitrogens is 6.